The summed E-state index contributed by atoms with van der Waals surface area (Å²) in [7, 11) is 0. The zero-order valence-electron chi connectivity index (χ0n) is 5.66. The minimum absolute atomic E-state index is 0.400. The number of carboxylic acid groups (broad SMARTS) is 1. The number of rotatable bonds is 4. The minimum Gasteiger partial charge on any atom is -0.480 e. The monoisotopic (exact) mass is 148 g/mol. The lowest BCUT2D eigenvalue weighted by atomic mass is 10.2. The molecule has 0 aromatic carbocycles. The maximum Gasteiger partial charge on any atom is 0.322 e. The highest BCUT2D eigenvalue weighted by atomic mass is 16.4. The Kier molecular flexibility index (Phi) is 3.89. The predicted molar refractivity (Wildman–Crippen MR) is 35.5 cm³/mol. The average Bonchev–Trinajstić information content (AvgIpc) is 1.87. The summed E-state index contributed by atoms with van der Waals surface area (Å²) in [5.41, 5.74) is 9.75. The van der Waals surface area contributed by atoms with Crippen molar-refractivity contribution >= 4 is 5.97 Å². The topological polar surface area (TPSA) is 113 Å². The highest BCUT2D eigenvalue weighted by Gasteiger charge is 2.18. The fourth-order valence-electron chi connectivity index (χ4n) is 0.435. The maximum absolute atomic E-state index is 10.2. The summed E-state index contributed by atoms with van der Waals surface area (Å²) < 4.78 is 0. The highest BCUT2D eigenvalue weighted by molar-refractivity contribution is 5.73. The van der Waals surface area contributed by atoms with E-state index in [4.69, 9.17) is 16.7 Å². The second kappa shape index (κ2) is 4.18. The molecule has 0 bridgehead atoms. The largest absolute Gasteiger partial charge is 0.480 e. The van der Waals surface area contributed by atoms with Gasteiger partial charge in [0.05, 0.1) is 0 Å². The minimum atomic E-state index is -1.06. The lowest BCUT2D eigenvalue weighted by molar-refractivity contribution is -0.139. The Morgan fingerprint density at radius 3 is 2.50 bits per heavy atom. The van der Waals surface area contributed by atoms with Gasteiger partial charge in [-0.3, -0.25) is 10.6 Å². The number of carbonyl (C=O) groups is 1. The van der Waals surface area contributed by atoms with Gasteiger partial charge in [0.25, 0.3) is 0 Å². The summed E-state index contributed by atoms with van der Waals surface area (Å²) in [6, 6.07) is -1.35. The normalized spacial score (nSPS) is 16.3. The van der Waals surface area contributed by atoms with Crippen LogP contribution in [0.3, 0.4) is 0 Å². The van der Waals surface area contributed by atoms with Crippen LogP contribution >= 0.6 is 0 Å². The third-order valence-corrected chi connectivity index (χ3v) is 1.13. The van der Waals surface area contributed by atoms with Crippen LogP contribution in [0, 0.1) is 0 Å². The molecule has 7 N–H and O–H groups in total. The fraction of sp³-hybridized carbons (Fsp3) is 0.750. The molecule has 0 amide bonds. The number of hydrogen-bond donors (Lipinski definition) is 5. The molecule has 0 saturated carbocycles. The molecule has 60 valence electrons. The molecule has 6 nitrogen and oxygen atoms in total. The lowest BCUT2D eigenvalue weighted by Crippen LogP contribution is -2.54. The third kappa shape index (κ3) is 2.74. The summed E-state index contributed by atoms with van der Waals surface area (Å²) in [6.45, 7) is 1.61. The number of nitrogens with two attached hydrogens (primary N) is 2. The summed E-state index contributed by atoms with van der Waals surface area (Å²) in [6.07, 6.45) is 0. The van der Waals surface area contributed by atoms with E-state index in [9.17, 15) is 4.79 Å². The highest BCUT2D eigenvalue weighted by Crippen LogP contribution is 1.86. The Balaban J connectivity index is 3.69. The van der Waals surface area contributed by atoms with E-state index < -0.39 is 18.1 Å². The van der Waals surface area contributed by atoms with Crippen LogP contribution in [0.1, 0.15) is 6.92 Å². The van der Waals surface area contributed by atoms with Crippen LogP contribution in [0.4, 0.5) is 0 Å². The second-order valence-corrected chi connectivity index (χ2v) is 1.94. The Labute approximate surface area is 58.5 Å². The van der Waals surface area contributed by atoms with Crippen molar-refractivity contribution in [2.75, 3.05) is 0 Å². The van der Waals surface area contributed by atoms with E-state index in [1.807, 2.05) is 0 Å². The summed E-state index contributed by atoms with van der Waals surface area (Å²) in [4.78, 5) is 10.2. The molecular formula is C4H12N4O2. The molecule has 0 rings (SSSR count). The molecular weight excluding hydrogens is 136 g/mol. The van der Waals surface area contributed by atoms with E-state index in [1.165, 1.54) is 0 Å². The molecule has 0 radical (unpaired) electrons. The summed E-state index contributed by atoms with van der Waals surface area (Å²) in [5.74, 6) is 3.80. The van der Waals surface area contributed by atoms with Crippen LogP contribution < -0.4 is 22.5 Å². The first kappa shape index (κ1) is 9.31. The van der Waals surface area contributed by atoms with Crippen molar-refractivity contribution in [3.8, 4) is 0 Å². The second-order valence-electron chi connectivity index (χ2n) is 1.94. The van der Waals surface area contributed by atoms with Gasteiger partial charge in [0, 0.05) is 6.04 Å². The van der Waals surface area contributed by atoms with Crippen LogP contribution in [-0.2, 0) is 4.79 Å². The van der Waals surface area contributed by atoms with E-state index in [0.717, 1.165) is 0 Å². The van der Waals surface area contributed by atoms with E-state index in [1.54, 1.807) is 6.92 Å². The summed E-state index contributed by atoms with van der Waals surface area (Å²) in [5, 5.41) is 8.35. The fourth-order valence-corrected chi connectivity index (χ4v) is 0.435. The first-order valence-electron chi connectivity index (χ1n) is 2.79. The quantitative estimate of drug-likeness (QED) is 0.227. The van der Waals surface area contributed by atoms with Gasteiger partial charge in [-0.05, 0) is 6.92 Å². The van der Waals surface area contributed by atoms with Crippen molar-refractivity contribution in [2.24, 2.45) is 11.6 Å². The van der Waals surface area contributed by atoms with Crippen LogP contribution in [0.15, 0.2) is 0 Å². The molecule has 0 saturated heterocycles. The van der Waals surface area contributed by atoms with Crippen molar-refractivity contribution in [1.82, 2.24) is 11.0 Å². The van der Waals surface area contributed by atoms with Crippen LogP contribution in [-0.4, -0.2) is 23.2 Å². The molecule has 1 unspecified atom stereocenters. The number of aliphatic carboxylic acids is 1. The molecule has 0 fully saturated rings. The number of hydrazine groups is 2. The molecule has 0 aliphatic heterocycles. The van der Waals surface area contributed by atoms with Crippen molar-refractivity contribution in [3.05, 3.63) is 0 Å². The maximum atomic E-state index is 10.2. The Morgan fingerprint density at radius 1 is 1.70 bits per heavy atom. The van der Waals surface area contributed by atoms with Gasteiger partial charge in [-0.1, -0.05) is 0 Å². The van der Waals surface area contributed by atoms with E-state index in [2.05, 4.69) is 11.0 Å². The van der Waals surface area contributed by atoms with Gasteiger partial charge in [-0.2, -0.15) is 5.53 Å². The van der Waals surface area contributed by atoms with Gasteiger partial charge in [0.2, 0.25) is 0 Å². The first-order valence-corrected chi connectivity index (χ1v) is 2.79. The van der Waals surface area contributed by atoms with Gasteiger partial charge in [-0.25, -0.2) is 5.43 Å². The predicted octanol–water partition coefficient (Wildman–Crippen LogP) is -2.25. The van der Waals surface area contributed by atoms with Gasteiger partial charge >= 0.3 is 5.97 Å². The van der Waals surface area contributed by atoms with Crippen molar-refractivity contribution in [2.45, 2.75) is 19.0 Å². The number of nitrogens with one attached hydrogen (secondary N) is 2. The van der Waals surface area contributed by atoms with E-state index in [-0.39, 0.29) is 0 Å². The molecule has 0 spiro atoms. The molecule has 6 heteroatoms. The Hall–Kier alpha value is -0.690. The lowest BCUT2D eigenvalue weighted by Gasteiger charge is -2.15. The van der Waals surface area contributed by atoms with Crippen molar-refractivity contribution in [3.63, 3.8) is 0 Å². The van der Waals surface area contributed by atoms with Crippen molar-refractivity contribution < 1.29 is 9.90 Å². The zero-order chi connectivity index (χ0) is 8.15. The van der Waals surface area contributed by atoms with E-state index in [0.29, 0.717) is 0 Å². The average molecular weight is 148 g/mol. The molecule has 10 heavy (non-hydrogen) atoms. The van der Waals surface area contributed by atoms with Crippen molar-refractivity contribution in [1.29, 1.82) is 0 Å². The molecule has 0 heterocycles. The van der Waals surface area contributed by atoms with E-state index >= 15 is 0 Å². The third-order valence-electron chi connectivity index (χ3n) is 1.13. The van der Waals surface area contributed by atoms with Gasteiger partial charge in [0.15, 0.2) is 0 Å². The standard InChI is InChI=1S/C4H12N4O2/c1-2(7-8-6)3(5)4(9)10/h2-3,7-8H,5-6H2,1H3,(H,9,10)/t2-,3?/m1/s1. The molecule has 0 aromatic heterocycles. The summed E-state index contributed by atoms with van der Waals surface area (Å²) >= 11 is 0. The van der Waals surface area contributed by atoms with Crippen LogP contribution in [0.2, 0.25) is 0 Å². The van der Waals surface area contributed by atoms with Crippen LogP contribution in [0.5, 0.6) is 0 Å². The van der Waals surface area contributed by atoms with Gasteiger partial charge in [-0.15, -0.1) is 0 Å². The molecule has 0 aliphatic carbocycles. The Bertz CT molecular complexity index is 118. The Morgan fingerprint density at radius 2 is 2.20 bits per heavy atom. The zero-order valence-corrected chi connectivity index (χ0v) is 5.66. The van der Waals surface area contributed by atoms with Gasteiger partial charge in [0.1, 0.15) is 6.04 Å². The SMILES string of the molecule is C[C@@H](NNN)C(N)C(=O)O. The first-order chi connectivity index (χ1) is 4.59. The molecule has 2 atom stereocenters. The number of hydrogen-bond acceptors (Lipinski definition) is 5. The smallest absolute Gasteiger partial charge is 0.322 e. The molecule has 0 aliphatic rings. The molecule has 0 aromatic rings. The number of carboxylic acids is 1. The van der Waals surface area contributed by atoms with Crippen LogP contribution in [0.25, 0.3) is 0 Å². The van der Waals surface area contributed by atoms with Gasteiger partial charge < -0.3 is 10.8 Å².